The summed E-state index contributed by atoms with van der Waals surface area (Å²) in [5.74, 6) is 1.75. The molecule has 2 nitrogen and oxygen atoms in total. The molecule has 0 spiro atoms. The third kappa shape index (κ3) is 10.5. The van der Waals surface area contributed by atoms with Gasteiger partial charge in [0, 0.05) is 0 Å². The van der Waals surface area contributed by atoms with Crippen LogP contribution in [0.1, 0.15) is 20.8 Å². The van der Waals surface area contributed by atoms with E-state index in [1.165, 1.54) is 27.5 Å². The number of nitriles is 1. The number of hydrogen-bond acceptors (Lipinski definition) is 2. The summed E-state index contributed by atoms with van der Waals surface area (Å²) in [7, 11) is 1.43. The highest BCUT2D eigenvalue weighted by molar-refractivity contribution is 6.20. The Morgan fingerprint density at radius 3 is 1.40 bits per heavy atom. The Labute approximate surface area is 65.2 Å². The minimum absolute atomic E-state index is 1.19. The maximum atomic E-state index is 7.32. The molecular weight excluding hydrogens is 123 g/mol. The summed E-state index contributed by atoms with van der Waals surface area (Å²) >= 11 is 0. The van der Waals surface area contributed by atoms with Crippen molar-refractivity contribution >= 4 is 7.85 Å². The van der Waals surface area contributed by atoms with Crippen molar-refractivity contribution in [1.82, 2.24) is 4.90 Å². The highest BCUT2D eigenvalue weighted by Crippen LogP contribution is 1.81. The minimum atomic E-state index is 1.19. The molecular formula is C7H17BN2. The molecule has 3 heteroatoms. The normalized spacial score (nSPS) is 7.90. The Morgan fingerprint density at radius 2 is 1.40 bits per heavy atom. The van der Waals surface area contributed by atoms with Gasteiger partial charge in [0.25, 0.3) is 0 Å². The largest absolute Gasteiger partial charge is 0.304 e. The Balaban J connectivity index is 0. The second kappa shape index (κ2) is 11.3. The van der Waals surface area contributed by atoms with E-state index in [1.54, 1.807) is 5.97 Å². The lowest BCUT2D eigenvalue weighted by Crippen LogP contribution is -2.21. The van der Waals surface area contributed by atoms with Crippen molar-refractivity contribution in [2.24, 2.45) is 0 Å². The fourth-order valence-electron chi connectivity index (χ4n) is 0.671. The fourth-order valence-corrected chi connectivity index (χ4v) is 0.671. The Morgan fingerprint density at radius 1 is 1.20 bits per heavy atom. The molecule has 0 rings (SSSR count). The van der Waals surface area contributed by atoms with Crippen LogP contribution in [0.2, 0.25) is 0 Å². The molecule has 0 bridgehead atoms. The molecule has 10 heavy (non-hydrogen) atoms. The van der Waals surface area contributed by atoms with Crippen molar-refractivity contribution in [3.05, 3.63) is 0 Å². The van der Waals surface area contributed by atoms with E-state index in [4.69, 9.17) is 5.26 Å². The SMILES string of the molecule is BC#N.CCN(CC)CC. The number of rotatable bonds is 3. The third-order valence-corrected chi connectivity index (χ3v) is 1.34. The molecule has 0 aliphatic heterocycles. The molecule has 58 valence electrons. The van der Waals surface area contributed by atoms with Gasteiger partial charge >= 0.3 is 0 Å². The van der Waals surface area contributed by atoms with Crippen LogP contribution < -0.4 is 0 Å². The predicted octanol–water partition coefficient (Wildman–Crippen LogP) is 0.449. The molecule has 0 N–H and O–H groups in total. The van der Waals surface area contributed by atoms with Gasteiger partial charge in [0.1, 0.15) is 0 Å². The van der Waals surface area contributed by atoms with E-state index in [0.717, 1.165) is 0 Å². The second-order valence-corrected chi connectivity index (χ2v) is 1.84. The van der Waals surface area contributed by atoms with Gasteiger partial charge in [0.15, 0.2) is 0 Å². The summed E-state index contributed by atoms with van der Waals surface area (Å²) < 4.78 is 0. The van der Waals surface area contributed by atoms with Gasteiger partial charge in [-0.2, -0.15) is 0 Å². The molecule has 0 unspecified atom stereocenters. The van der Waals surface area contributed by atoms with Gasteiger partial charge in [-0.05, 0) is 25.6 Å². The number of hydrogen-bond donors (Lipinski definition) is 0. The van der Waals surface area contributed by atoms with Gasteiger partial charge < -0.3 is 4.90 Å². The molecule has 0 saturated heterocycles. The molecule has 0 aliphatic carbocycles. The van der Waals surface area contributed by atoms with Crippen molar-refractivity contribution in [3.63, 3.8) is 0 Å². The summed E-state index contributed by atoms with van der Waals surface area (Å²) in [5.41, 5.74) is 0. The first-order chi connectivity index (χ1) is 4.76. The lowest BCUT2D eigenvalue weighted by molar-refractivity contribution is 0.321. The molecule has 0 saturated carbocycles. The molecule has 0 radical (unpaired) electrons. The van der Waals surface area contributed by atoms with Gasteiger partial charge in [-0.25, -0.2) is 5.26 Å². The van der Waals surface area contributed by atoms with Crippen LogP contribution in [0, 0.1) is 11.2 Å². The first-order valence-electron chi connectivity index (χ1n) is 3.79. The van der Waals surface area contributed by atoms with Crippen LogP contribution in [0.15, 0.2) is 0 Å². The van der Waals surface area contributed by atoms with E-state index in [-0.39, 0.29) is 0 Å². The quantitative estimate of drug-likeness (QED) is 0.532. The zero-order chi connectivity index (χ0) is 8.41. The van der Waals surface area contributed by atoms with E-state index in [9.17, 15) is 0 Å². The summed E-state index contributed by atoms with van der Waals surface area (Å²) in [6.07, 6.45) is 0. The van der Waals surface area contributed by atoms with Crippen molar-refractivity contribution in [2.75, 3.05) is 19.6 Å². The van der Waals surface area contributed by atoms with Gasteiger partial charge in [-0.1, -0.05) is 20.8 Å². The summed E-state index contributed by atoms with van der Waals surface area (Å²) in [4.78, 5) is 2.38. The molecule has 0 heterocycles. The van der Waals surface area contributed by atoms with E-state index in [1.807, 2.05) is 0 Å². The molecule has 0 aromatic carbocycles. The monoisotopic (exact) mass is 140 g/mol. The van der Waals surface area contributed by atoms with E-state index < -0.39 is 0 Å². The smallest absolute Gasteiger partial charge is 0.232 e. The highest BCUT2D eigenvalue weighted by Gasteiger charge is 1.89. The summed E-state index contributed by atoms with van der Waals surface area (Å²) in [6, 6.07) is 0. The van der Waals surface area contributed by atoms with Crippen LogP contribution in [-0.2, 0) is 0 Å². The topological polar surface area (TPSA) is 27.0 Å². The molecule has 0 fully saturated rings. The molecule has 0 amide bonds. The highest BCUT2D eigenvalue weighted by atomic mass is 15.1. The third-order valence-electron chi connectivity index (χ3n) is 1.34. The zero-order valence-electron chi connectivity index (χ0n) is 7.52. The van der Waals surface area contributed by atoms with Crippen LogP contribution >= 0.6 is 0 Å². The Hall–Kier alpha value is -0.485. The van der Waals surface area contributed by atoms with Crippen molar-refractivity contribution in [1.29, 1.82) is 5.26 Å². The average molecular weight is 140 g/mol. The maximum absolute atomic E-state index is 7.32. The first-order valence-corrected chi connectivity index (χ1v) is 3.79. The maximum Gasteiger partial charge on any atom is 0.232 e. The van der Waals surface area contributed by atoms with Gasteiger partial charge in [0.2, 0.25) is 7.85 Å². The number of nitrogens with zero attached hydrogens (tertiary/aromatic N) is 2. The van der Waals surface area contributed by atoms with Crippen molar-refractivity contribution in [3.8, 4) is 5.97 Å². The molecule has 0 aromatic heterocycles. The average Bonchev–Trinajstić information content (AvgIpc) is 1.93. The van der Waals surface area contributed by atoms with Gasteiger partial charge in [0.05, 0.1) is 0 Å². The summed E-state index contributed by atoms with van der Waals surface area (Å²) in [5, 5.41) is 7.32. The molecule has 0 aromatic rings. The molecule has 0 aliphatic rings. The Kier molecular flexibility index (Phi) is 13.8. The van der Waals surface area contributed by atoms with Crippen LogP contribution in [0.3, 0.4) is 0 Å². The molecule has 0 atom stereocenters. The lowest BCUT2D eigenvalue weighted by Gasteiger charge is -2.13. The lowest BCUT2D eigenvalue weighted by atomic mass is 10.2. The standard InChI is InChI=1S/C6H15N.CH2BN/c1-4-7(5-2)6-3;2-1-3/h4-6H2,1-3H3;2H2. The van der Waals surface area contributed by atoms with Crippen LogP contribution in [0.5, 0.6) is 0 Å². The van der Waals surface area contributed by atoms with Crippen molar-refractivity contribution in [2.45, 2.75) is 20.8 Å². The van der Waals surface area contributed by atoms with Gasteiger partial charge in [-0.15, -0.1) is 0 Å². The fraction of sp³-hybridized carbons (Fsp3) is 0.857. The van der Waals surface area contributed by atoms with Crippen LogP contribution in [0.4, 0.5) is 0 Å². The van der Waals surface area contributed by atoms with Crippen LogP contribution in [-0.4, -0.2) is 32.4 Å². The minimum Gasteiger partial charge on any atom is -0.304 e. The van der Waals surface area contributed by atoms with E-state index in [0.29, 0.717) is 0 Å². The van der Waals surface area contributed by atoms with Crippen molar-refractivity contribution < 1.29 is 0 Å². The second-order valence-electron chi connectivity index (χ2n) is 1.84. The van der Waals surface area contributed by atoms with E-state index >= 15 is 0 Å². The Bertz CT molecular complexity index is 78.6. The predicted molar refractivity (Wildman–Crippen MR) is 47.6 cm³/mol. The summed E-state index contributed by atoms with van der Waals surface area (Å²) in [6.45, 7) is 10.1. The first kappa shape index (κ1) is 12.2. The van der Waals surface area contributed by atoms with Gasteiger partial charge in [-0.3, -0.25) is 0 Å². The van der Waals surface area contributed by atoms with Crippen LogP contribution in [0.25, 0.3) is 0 Å². The zero-order valence-corrected chi connectivity index (χ0v) is 7.52. The van der Waals surface area contributed by atoms with E-state index in [2.05, 4.69) is 25.7 Å².